The van der Waals surface area contributed by atoms with E-state index in [1.807, 2.05) is 18.2 Å². The minimum absolute atomic E-state index is 0.987. The van der Waals surface area contributed by atoms with E-state index >= 15 is 0 Å². The fraction of sp³-hybridized carbons (Fsp3) is 0.333. The van der Waals surface area contributed by atoms with Gasteiger partial charge in [-0.25, -0.2) is 0 Å². The molecule has 0 atom stereocenters. The molecule has 0 fully saturated rings. The zero-order chi connectivity index (χ0) is 8.93. The lowest BCUT2D eigenvalue weighted by atomic mass is 9.98. The van der Waals surface area contributed by atoms with Gasteiger partial charge in [0.2, 0.25) is 0 Å². The van der Waals surface area contributed by atoms with Gasteiger partial charge in [0.25, 0.3) is 0 Å². The van der Waals surface area contributed by atoms with Crippen LogP contribution >= 0.6 is 0 Å². The van der Waals surface area contributed by atoms with Gasteiger partial charge >= 0.3 is 0 Å². The zero-order valence-electron chi connectivity index (χ0n) is 7.62. The molecule has 1 aliphatic carbocycles. The van der Waals surface area contributed by atoms with E-state index in [0.29, 0.717) is 0 Å². The Labute approximate surface area is 79.1 Å². The lowest BCUT2D eigenvalue weighted by Crippen LogP contribution is -1.96. The topological polar surface area (TPSA) is 9.23 Å². The van der Waals surface area contributed by atoms with Crippen molar-refractivity contribution in [3.8, 4) is 0 Å². The lowest BCUT2D eigenvalue weighted by Gasteiger charge is -2.14. The van der Waals surface area contributed by atoms with E-state index in [1.54, 1.807) is 6.26 Å². The quantitative estimate of drug-likeness (QED) is 0.591. The number of hydrogen-bond donors (Lipinski definition) is 0. The molecular formula is C12H13O. The number of rotatable bonds is 1. The second kappa shape index (κ2) is 4.13. The first-order valence-corrected chi connectivity index (χ1v) is 4.77. The Hall–Kier alpha value is -1.24. The molecule has 1 nitrogen and oxygen atoms in total. The number of ether oxygens (including phenoxy) is 1. The first kappa shape index (κ1) is 8.36. The summed E-state index contributed by atoms with van der Waals surface area (Å²) in [6.07, 6.45) is 17.6. The number of hydrogen-bond acceptors (Lipinski definition) is 1. The van der Waals surface area contributed by atoms with Gasteiger partial charge in [0.05, 0.1) is 6.26 Å². The molecule has 1 heterocycles. The third-order valence-corrected chi connectivity index (χ3v) is 2.30. The molecule has 0 aromatic heterocycles. The minimum atomic E-state index is 0.987. The maximum atomic E-state index is 5.44. The van der Waals surface area contributed by atoms with Crippen LogP contribution in [0.15, 0.2) is 41.9 Å². The lowest BCUT2D eigenvalue weighted by molar-refractivity contribution is 0.355. The van der Waals surface area contributed by atoms with Crippen molar-refractivity contribution >= 4 is 0 Å². The Kier molecular flexibility index (Phi) is 2.65. The van der Waals surface area contributed by atoms with E-state index in [1.165, 1.54) is 24.8 Å². The van der Waals surface area contributed by atoms with Crippen molar-refractivity contribution in [1.82, 2.24) is 0 Å². The van der Waals surface area contributed by atoms with Crippen LogP contribution in [0.3, 0.4) is 0 Å². The highest BCUT2D eigenvalue weighted by atomic mass is 16.5. The molecule has 0 saturated carbocycles. The fourth-order valence-corrected chi connectivity index (χ4v) is 1.61. The number of allylic oxidation sites excluding steroid dienone is 6. The molecule has 2 rings (SSSR count). The molecule has 0 spiro atoms. The molecule has 0 bridgehead atoms. The van der Waals surface area contributed by atoms with Gasteiger partial charge in [-0.3, -0.25) is 0 Å². The first-order valence-electron chi connectivity index (χ1n) is 4.77. The Morgan fingerprint density at radius 1 is 1.31 bits per heavy atom. The van der Waals surface area contributed by atoms with Crippen LogP contribution in [0.1, 0.15) is 25.7 Å². The summed E-state index contributed by atoms with van der Waals surface area (Å²) in [6.45, 7) is 0. The molecular weight excluding hydrogens is 160 g/mol. The Balaban J connectivity index is 2.15. The zero-order valence-corrected chi connectivity index (χ0v) is 7.62. The van der Waals surface area contributed by atoms with Crippen molar-refractivity contribution in [2.75, 3.05) is 0 Å². The summed E-state index contributed by atoms with van der Waals surface area (Å²) in [7, 11) is 0. The molecule has 0 aromatic rings. The largest absolute Gasteiger partial charge is 0.464 e. The summed E-state index contributed by atoms with van der Waals surface area (Å²) in [6, 6.07) is 0. The van der Waals surface area contributed by atoms with Crippen LogP contribution in [0.5, 0.6) is 0 Å². The van der Waals surface area contributed by atoms with Gasteiger partial charge in [0.1, 0.15) is 5.76 Å². The average molecular weight is 173 g/mol. The van der Waals surface area contributed by atoms with Crippen LogP contribution in [0.25, 0.3) is 0 Å². The van der Waals surface area contributed by atoms with Crippen molar-refractivity contribution in [3.05, 3.63) is 48.0 Å². The molecule has 67 valence electrons. The van der Waals surface area contributed by atoms with Crippen LogP contribution in [0.2, 0.25) is 0 Å². The second-order valence-corrected chi connectivity index (χ2v) is 3.27. The molecule has 1 radical (unpaired) electrons. The maximum Gasteiger partial charge on any atom is 0.129 e. The van der Waals surface area contributed by atoms with Crippen LogP contribution in [0.4, 0.5) is 0 Å². The monoisotopic (exact) mass is 173 g/mol. The normalized spacial score (nSPS) is 21.5. The van der Waals surface area contributed by atoms with Gasteiger partial charge in [0.15, 0.2) is 0 Å². The van der Waals surface area contributed by atoms with Gasteiger partial charge in [-0.1, -0.05) is 18.2 Å². The van der Waals surface area contributed by atoms with Crippen molar-refractivity contribution in [3.63, 3.8) is 0 Å². The summed E-state index contributed by atoms with van der Waals surface area (Å²) in [4.78, 5) is 0. The van der Waals surface area contributed by atoms with Gasteiger partial charge in [-0.15, -0.1) is 0 Å². The first-order chi connectivity index (χ1) is 6.47. The summed E-state index contributed by atoms with van der Waals surface area (Å²) >= 11 is 0. The van der Waals surface area contributed by atoms with E-state index in [0.717, 1.165) is 12.2 Å². The van der Waals surface area contributed by atoms with Gasteiger partial charge < -0.3 is 4.74 Å². The SMILES string of the molecule is [C]1=COC(C2=CCCCC2)=CC=C1. The predicted molar refractivity (Wildman–Crippen MR) is 52.7 cm³/mol. The van der Waals surface area contributed by atoms with Gasteiger partial charge in [-0.05, 0) is 37.3 Å². The molecule has 13 heavy (non-hydrogen) atoms. The maximum absolute atomic E-state index is 5.44. The van der Waals surface area contributed by atoms with Crippen molar-refractivity contribution in [1.29, 1.82) is 0 Å². The molecule has 1 aliphatic heterocycles. The summed E-state index contributed by atoms with van der Waals surface area (Å²) in [5, 5.41) is 0. The van der Waals surface area contributed by atoms with Crippen molar-refractivity contribution in [2.24, 2.45) is 0 Å². The third-order valence-electron chi connectivity index (χ3n) is 2.30. The summed E-state index contributed by atoms with van der Waals surface area (Å²) in [5.41, 5.74) is 1.34. The highest BCUT2D eigenvalue weighted by Gasteiger charge is 2.09. The molecule has 2 aliphatic rings. The molecule has 0 aromatic carbocycles. The summed E-state index contributed by atoms with van der Waals surface area (Å²) in [5.74, 6) is 0.987. The molecule has 0 N–H and O–H groups in total. The Bertz CT molecular complexity index is 292. The highest BCUT2D eigenvalue weighted by Crippen LogP contribution is 2.25. The predicted octanol–water partition coefficient (Wildman–Crippen LogP) is 3.27. The van der Waals surface area contributed by atoms with Crippen LogP contribution in [-0.2, 0) is 4.74 Å². The van der Waals surface area contributed by atoms with Crippen molar-refractivity contribution in [2.45, 2.75) is 25.7 Å². The van der Waals surface area contributed by atoms with E-state index in [9.17, 15) is 0 Å². The van der Waals surface area contributed by atoms with Gasteiger partial charge in [-0.2, -0.15) is 0 Å². The third kappa shape index (κ3) is 2.11. The van der Waals surface area contributed by atoms with Crippen LogP contribution < -0.4 is 0 Å². The molecule has 0 saturated heterocycles. The molecule has 0 unspecified atom stereocenters. The standard InChI is InChI=1S/C12H13O/c1-3-7-11(8-4-1)12-9-5-2-6-10-13-12/h2,5,7,9-10H,1,3-4,8H2. The van der Waals surface area contributed by atoms with Crippen molar-refractivity contribution < 1.29 is 4.74 Å². The van der Waals surface area contributed by atoms with E-state index in [2.05, 4.69) is 12.2 Å². The van der Waals surface area contributed by atoms with Crippen LogP contribution in [0, 0.1) is 6.08 Å². The molecule has 0 amide bonds. The average Bonchev–Trinajstić information content (AvgIpc) is 2.47. The van der Waals surface area contributed by atoms with Crippen LogP contribution in [-0.4, -0.2) is 0 Å². The highest BCUT2D eigenvalue weighted by molar-refractivity contribution is 5.32. The second-order valence-electron chi connectivity index (χ2n) is 3.27. The van der Waals surface area contributed by atoms with E-state index in [-0.39, 0.29) is 0 Å². The minimum Gasteiger partial charge on any atom is -0.464 e. The van der Waals surface area contributed by atoms with Gasteiger partial charge in [0, 0.05) is 6.08 Å². The molecule has 1 heteroatoms. The Morgan fingerprint density at radius 3 is 3.15 bits per heavy atom. The van der Waals surface area contributed by atoms with E-state index in [4.69, 9.17) is 4.74 Å². The summed E-state index contributed by atoms with van der Waals surface area (Å²) < 4.78 is 5.44. The Morgan fingerprint density at radius 2 is 2.31 bits per heavy atom. The smallest absolute Gasteiger partial charge is 0.129 e. The fourth-order valence-electron chi connectivity index (χ4n) is 1.61. The van der Waals surface area contributed by atoms with E-state index < -0.39 is 0 Å².